The summed E-state index contributed by atoms with van der Waals surface area (Å²) in [7, 11) is 0. The van der Waals surface area contributed by atoms with Crippen LogP contribution in [0.1, 0.15) is 18.1 Å². The molecule has 0 aliphatic rings. The van der Waals surface area contributed by atoms with E-state index in [1.807, 2.05) is 0 Å². The summed E-state index contributed by atoms with van der Waals surface area (Å²) >= 11 is 6.47. The molecule has 0 saturated carbocycles. The van der Waals surface area contributed by atoms with Gasteiger partial charge in [0.25, 0.3) is 0 Å². The molecule has 1 aromatic rings. The molecule has 0 saturated heterocycles. The molecule has 0 aliphatic carbocycles. The standard InChI is InChI=1S/C9H7Br2F3/c1-8(10,11)6-3-2-4-7(5-6)9(12,13)14/h2-5H,1H3. The summed E-state index contributed by atoms with van der Waals surface area (Å²) in [5, 5.41) is 0. The first kappa shape index (κ1) is 12.0. The van der Waals surface area contributed by atoms with Gasteiger partial charge in [0.1, 0.15) is 3.23 Å². The molecule has 78 valence electrons. The normalized spacial score (nSPS) is 13.0. The van der Waals surface area contributed by atoms with Crippen molar-refractivity contribution in [2.75, 3.05) is 0 Å². The molecule has 5 heteroatoms. The summed E-state index contributed by atoms with van der Waals surface area (Å²) in [6, 6.07) is 5.18. The van der Waals surface area contributed by atoms with Crippen LogP contribution in [0.25, 0.3) is 0 Å². The highest BCUT2D eigenvalue weighted by molar-refractivity contribution is 9.24. The molecule has 0 N–H and O–H groups in total. The Balaban J connectivity index is 3.15. The zero-order valence-electron chi connectivity index (χ0n) is 7.20. The lowest BCUT2D eigenvalue weighted by atomic mass is 10.1. The van der Waals surface area contributed by atoms with E-state index in [9.17, 15) is 13.2 Å². The van der Waals surface area contributed by atoms with Gasteiger partial charge in [0.05, 0.1) is 5.56 Å². The van der Waals surface area contributed by atoms with E-state index in [0.717, 1.165) is 12.1 Å². The van der Waals surface area contributed by atoms with E-state index in [4.69, 9.17) is 0 Å². The van der Waals surface area contributed by atoms with Crippen LogP contribution in [0.5, 0.6) is 0 Å². The summed E-state index contributed by atoms with van der Waals surface area (Å²) in [5.41, 5.74) is -0.104. The third kappa shape index (κ3) is 2.98. The maximum Gasteiger partial charge on any atom is 0.416 e. The Bertz CT molecular complexity index is 296. The predicted octanol–water partition coefficient (Wildman–Crippen LogP) is 4.67. The molecule has 0 spiro atoms. The molecule has 0 atom stereocenters. The van der Waals surface area contributed by atoms with Crippen molar-refractivity contribution in [3.05, 3.63) is 35.4 Å². The molecule has 0 bridgehead atoms. The number of halogens is 5. The molecule has 0 unspecified atom stereocenters. The Morgan fingerprint density at radius 2 is 1.57 bits per heavy atom. The van der Waals surface area contributed by atoms with Gasteiger partial charge >= 0.3 is 6.18 Å². The van der Waals surface area contributed by atoms with E-state index in [2.05, 4.69) is 31.9 Å². The average Bonchev–Trinajstić information content (AvgIpc) is 2.01. The molecule has 0 heterocycles. The first-order chi connectivity index (χ1) is 6.21. The van der Waals surface area contributed by atoms with Gasteiger partial charge in [-0.15, -0.1) is 0 Å². The van der Waals surface area contributed by atoms with Crippen LogP contribution in [0.15, 0.2) is 24.3 Å². The minimum absolute atomic E-state index is 0.535. The zero-order valence-corrected chi connectivity index (χ0v) is 10.4. The molecule has 1 aromatic carbocycles. The third-order valence-corrected chi connectivity index (χ3v) is 2.61. The molecular weight excluding hydrogens is 325 g/mol. The highest BCUT2D eigenvalue weighted by Crippen LogP contribution is 2.39. The predicted molar refractivity (Wildman–Crippen MR) is 56.7 cm³/mol. The Hall–Kier alpha value is -0.0300. The number of rotatable bonds is 1. The Kier molecular flexibility index (Phi) is 3.31. The van der Waals surface area contributed by atoms with Crippen molar-refractivity contribution in [3.63, 3.8) is 0 Å². The average molecular weight is 332 g/mol. The Labute approximate surface area is 96.8 Å². The van der Waals surface area contributed by atoms with Crippen LogP contribution in [0.2, 0.25) is 0 Å². The summed E-state index contributed by atoms with van der Waals surface area (Å²) < 4.78 is 36.4. The summed E-state index contributed by atoms with van der Waals surface area (Å²) in [6.45, 7) is 1.72. The second kappa shape index (κ2) is 3.85. The molecule has 0 amide bonds. The van der Waals surface area contributed by atoms with Crippen LogP contribution in [0.3, 0.4) is 0 Å². The fraction of sp³-hybridized carbons (Fsp3) is 0.333. The second-order valence-electron chi connectivity index (χ2n) is 2.97. The second-order valence-corrected chi connectivity index (χ2v) is 7.20. The van der Waals surface area contributed by atoms with Gasteiger partial charge in [0, 0.05) is 0 Å². The molecule has 0 aliphatic heterocycles. The lowest BCUT2D eigenvalue weighted by Gasteiger charge is -2.16. The van der Waals surface area contributed by atoms with Crippen molar-refractivity contribution in [2.45, 2.75) is 16.3 Å². The number of benzene rings is 1. The third-order valence-electron chi connectivity index (χ3n) is 1.70. The van der Waals surface area contributed by atoms with Crippen LogP contribution in [0, 0.1) is 0 Å². The van der Waals surface area contributed by atoms with Gasteiger partial charge in [-0.2, -0.15) is 13.2 Å². The fourth-order valence-corrected chi connectivity index (χ4v) is 1.46. The maximum atomic E-state index is 12.3. The van der Waals surface area contributed by atoms with Gasteiger partial charge in [-0.3, -0.25) is 0 Å². The maximum absolute atomic E-state index is 12.3. The zero-order chi connectivity index (χ0) is 11.0. The molecule has 14 heavy (non-hydrogen) atoms. The first-order valence-corrected chi connectivity index (χ1v) is 5.35. The Morgan fingerprint density at radius 3 is 2.00 bits per heavy atom. The number of hydrogen-bond acceptors (Lipinski definition) is 0. The van der Waals surface area contributed by atoms with E-state index in [0.29, 0.717) is 5.56 Å². The Morgan fingerprint density at radius 1 is 1.07 bits per heavy atom. The summed E-state index contributed by atoms with van der Waals surface area (Å²) in [4.78, 5) is 0. The van der Waals surface area contributed by atoms with Gasteiger partial charge < -0.3 is 0 Å². The van der Waals surface area contributed by atoms with Gasteiger partial charge in [0.15, 0.2) is 0 Å². The fourth-order valence-electron chi connectivity index (χ4n) is 0.969. The molecule has 0 nitrogen and oxygen atoms in total. The monoisotopic (exact) mass is 330 g/mol. The van der Waals surface area contributed by atoms with E-state index < -0.39 is 15.0 Å². The quantitative estimate of drug-likeness (QED) is 0.656. The molecule has 0 fully saturated rings. The summed E-state index contributed by atoms with van der Waals surface area (Å²) in [6.07, 6.45) is -4.29. The van der Waals surface area contributed by atoms with Gasteiger partial charge in [0.2, 0.25) is 0 Å². The molecule has 0 radical (unpaired) electrons. The first-order valence-electron chi connectivity index (χ1n) is 3.77. The SMILES string of the molecule is CC(Br)(Br)c1cccc(C(F)(F)F)c1. The van der Waals surface area contributed by atoms with Crippen molar-refractivity contribution >= 4 is 31.9 Å². The summed E-state index contributed by atoms with van der Waals surface area (Å²) in [5.74, 6) is 0. The van der Waals surface area contributed by atoms with Crippen molar-refractivity contribution in [3.8, 4) is 0 Å². The van der Waals surface area contributed by atoms with Gasteiger partial charge in [-0.1, -0.05) is 44.0 Å². The smallest absolute Gasteiger partial charge is 0.166 e. The van der Waals surface area contributed by atoms with Crippen molar-refractivity contribution < 1.29 is 13.2 Å². The number of hydrogen-bond donors (Lipinski definition) is 0. The van der Waals surface area contributed by atoms with Crippen molar-refractivity contribution in [1.82, 2.24) is 0 Å². The van der Waals surface area contributed by atoms with E-state index in [1.54, 1.807) is 13.0 Å². The lowest BCUT2D eigenvalue weighted by Crippen LogP contribution is -2.08. The van der Waals surface area contributed by atoms with Gasteiger partial charge in [-0.05, 0) is 24.6 Å². The highest BCUT2D eigenvalue weighted by Gasteiger charge is 2.31. The van der Waals surface area contributed by atoms with Crippen LogP contribution in [0.4, 0.5) is 13.2 Å². The van der Waals surface area contributed by atoms with Crippen molar-refractivity contribution in [2.24, 2.45) is 0 Å². The minimum Gasteiger partial charge on any atom is -0.166 e. The van der Waals surface area contributed by atoms with Crippen LogP contribution in [-0.4, -0.2) is 0 Å². The molecule has 1 rings (SSSR count). The van der Waals surface area contributed by atoms with E-state index in [1.165, 1.54) is 6.07 Å². The minimum atomic E-state index is -4.29. The topological polar surface area (TPSA) is 0 Å². The van der Waals surface area contributed by atoms with Crippen LogP contribution < -0.4 is 0 Å². The van der Waals surface area contributed by atoms with E-state index >= 15 is 0 Å². The van der Waals surface area contributed by atoms with Gasteiger partial charge in [-0.25, -0.2) is 0 Å². The highest BCUT2D eigenvalue weighted by atomic mass is 79.9. The van der Waals surface area contributed by atoms with Crippen LogP contribution >= 0.6 is 31.9 Å². The molecule has 0 aromatic heterocycles. The number of alkyl halides is 5. The van der Waals surface area contributed by atoms with Crippen LogP contribution in [-0.2, 0) is 9.41 Å². The van der Waals surface area contributed by atoms with E-state index in [-0.39, 0.29) is 0 Å². The lowest BCUT2D eigenvalue weighted by molar-refractivity contribution is -0.137. The van der Waals surface area contributed by atoms with Crippen molar-refractivity contribution in [1.29, 1.82) is 0 Å². The largest absolute Gasteiger partial charge is 0.416 e. The molecular formula is C9H7Br2F3.